The standard InChI is InChI=1S/C24H26N4O6S/c29-23-20-4-1-2-5-21(20)25-24(27(23)7-3-6-26-8-10-32-11-9-26)35-15-18-13-19(28(30)31)12-17-14-33-16-34-22(17)18/h1-2,4-5,12-13H,3,6-11,14-16H2. The molecule has 2 aromatic carbocycles. The van der Waals surface area contributed by atoms with Crippen LogP contribution in [0.2, 0.25) is 0 Å². The maximum atomic E-state index is 13.4. The molecule has 11 heteroatoms. The number of hydrogen-bond acceptors (Lipinski definition) is 9. The topological polar surface area (TPSA) is 109 Å². The van der Waals surface area contributed by atoms with Gasteiger partial charge < -0.3 is 14.2 Å². The van der Waals surface area contributed by atoms with E-state index in [1.165, 1.54) is 23.9 Å². The van der Waals surface area contributed by atoms with E-state index < -0.39 is 4.92 Å². The van der Waals surface area contributed by atoms with E-state index in [1.807, 2.05) is 18.2 Å². The molecule has 0 atom stereocenters. The number of para-hydroxylation sites is 1. The Morgan fingerprint density at radius 3 is 2.77 bits per heavy atom. The maximum Gasteiger partial charge on any atom is 0.270 e. The highest BCUT2D eigenvalue weighted by Gasteiger charge is 2.22. The molecule has 2 aliphatic heterocycles. The Bertz CT molecular complexity index is 1290. The monoisotopic (exact) mass is 498 g/mol. The third kappa shape index (κ3) is 5.32. The third-order valence-electron chi connectivity index (χ3n) is 6.13. The number of ether oxygens (including phenoxy) is 3. The van der Waals surface area contributed by atoms with Gasteiger partial charge in [-0.2, -0.15) is 0 Å². The van der Waals surface area contributed by atoms with Crippen molar-refractivity contribution in [3.05, 3.63) is 68.0 Å². The van der Waals surface area contributed by atoms with Crippen LogP contribution in [0.25, 0.3) is 10.9 Å². The van der Waals surface area contributed by atoms with Crippen LogP contribution in [-0.2, 0) is 28.4 Å². The fraction of sp³-hybridized carbons (Fsp3) is 0.417. The summed E-state index contributed by atoms with van der Waals surface area (Å²) in [6.07, 6.45) is 0.806. The van der Waals surface area contributed by atoms with Crippen LogP contribution in [0.5, 0.6) is 5.75 Å². The predicted octanol–water partition coefficient (Wildman–Crippen LogP) is 3.19. The largest absolute Gasteiger partial charge is 0.467 e. The normalized spacial score (nSPS) is 16.1. The van der Waals surface area contributed by atoms with Crippen molar-refractivity contribution in [2.45, 2.75) is 30.5 Å². The number of nitro benzene ring substituents is 1. The summed E-state index contributed by atoms with van der Waals surface area (Å²) in [5.74, 6) is 0.981. The Morgan fingerprint density at radius 2 is 1.94 bits per heavy atom. The Morgan fingerprint density at radius 1 is 1.11 bits per heavy atom. The molecular formula is C24H26N4O6S. The maximum absolute atomic E-state index is 13.4. The van der Waals surface area contributed by atoms with Gasteiger partial charge in [0.05, 0.1) is 35.6 Å². The molecule has 0 spiro atoms. The van der Waals surface area contributed by atoms with E-state index in [-0.39, 0.29) is 24.6 Å². The molecule has 1 aromatic heterocycles. The van der Waals surface area contributed by atoms with Crippen molar-refractivity contribution in [3.63, 3.8) is 0 Å². The number of benzene rings is 2. The van der Waals surface area contributed by atoms with E-state index in [0.717, 1.165) is 39.3 Å². The molecule has 3 heterocycles. The molecule has 2 aliphatic rings. The van der Waals surface area contributed by atoms with Gasteiger partial charge in [0.1, 0.15) is 5.75 Å². The number of fused-ring (bicyclic) bond motifs is 2. The summed E-state index contributed by atoms with van der Waals surface area (Å²) >= 11 is 1.38. The Labute approximate surface area is 205 Å². The molecular weight excluding hydrogens is 472 g/mol. The van der Waals surface area contributed by atoms with Crippen molar-refractivity contribution in [2.75, 3.05) is 39.6 Å². The first-order chi connectivity index (χ1) is 17.1. The van der Waals surface area contributed by atoms with Gasteiger partial charge in [-0.1, -0.05) is 23.9 Å². The summed E-state index contributed by atoms with van der Waals surface area (Å²) in [5.41, 5.74) is 1.88. The molecule has 1 saturated heterocycles. The zero-order valence-electron chi connectivity index (χ0n) is 19.2. The number of rotatable bonds is 8. The molecule has 0 saturated carbocycles. The van der Waals surface area contributed by atoms with E-state index in [0.29, 0.717) is 45.2 Å². The lowest BCUT2D eigenvalue weighted by Gasteiger charge is -2.26. The zero-order chi connectivity index (χ0) is 24.2. The molecule has 1 fully saturated rings. The minimum absolute atomic E-state index is 0.0113. The van der Waals surface area contributed by atoms with Crippen LogP contribution < -0.4 is 10.3 Å². The van der Waals surface area contributed by atoms with E-state index in [4.69, 9.17) is 19.2 Å². The summed E-state index contributed by atoms with van der Waals surface area (Å²) in [4.78, 5) is 31.5. The Balaban J connectivity index is 1.42. The fourth-order valence-electron chi connectivity index (χ4n) is 4.37. The quantitative estimate of drug-likeness (QED) is 0.200. The highest BCUT2D eigenvalue weighted by atomic mass is 32.2. The molecule has 0 amide bonds. The molecule has 0 bridgehead atoms. The van der Waals surface area contributed by atoms with Gasteiger partial charge >= 0.3 is 0 Å². The first-order valence-electron chi connectivity index (χ1n) is 11.5. The van der Waals surface area contributed by atoms with E-state index >= 15 is 0 Å². The van der Waals surface area contributed by atoms with Crippen LogP contribution >= 0.6 is 11.8 Å². The second-order valence-corrected chi connectivity index (χ2v) is 9.37. The predicted molar refractivity (Wildman–Crippen MR) is 131 cm³/mol. The molecule has 35 heavy (non-hydrogen) atoms. The first-order valence-corrected chi connectivity index (χ1v) is 12.5. The van der Waals surface area contributed by atoms with Gasteiger partial charge in [-0.25, -0.2) is 4.98 Å². The second-order valence-electron chi connectivity index (χ2n) is 8.43. The van der Waals surface area contributed by atoms with E-state index in [9.17, 15) is 14.9 Å². The molecule has 10 nitrogen and oxygen atoms in total. The molecule has 0 unspecified atom stereocenters. The Kier molecular flexibility index (Phi) is 7.28. The number of aromatic nitrogens is 2. The number of hydrogen-bond donors (Lipinski definition) is 0. The van der Waals surface area contributed by atoms with Crippen LogP contribution in [-0.4, -0.2) is 59.0 Å². The van der Waals surface area contributed by atoms with Crippen LogP contribution in [0.4, 0.5) is 5.69 Å². The van der Waals surface area contributed by atoms with Gasteiger partial charge in [0.15, 0.2) is 11.9 Å². The zero-order valence-corrected chi connectivity index (χ0v) is 20.0. The van der Waals surface area contributed by atoms with Crippen LogP contribution in [0.3, 0.4) is 0 Å². The number of non-ortho nitro benzene ring substituents is 1. The summed E-state index contributed by atoms with van der Waals surface area (Å²) < 4.78 is 18.1. The lowest BCUT2D eigenvalue weighted by molar-refractivity contribution is -0.385. The van der Waals surface area contributed by atoms with Crippen molar-refractivity contribution >= 4 is 28.4 Å². The molecule has 184 valence electrons. The lowest BCUT2D eigenvalue weighted by atomic mass is 10.1. The summed E-state index contributed by atoms with van der Waals surface area (Å²) in [5, 5.41) is 12.6. The van der Waals surface area contributed by atoms with Crippen LogP contribution in [0.15, 0.2) is 46.3 Å². The molecule has 3 aromatic rings. The van der Waals surface area contributed by atoms with Crippen molar-refractivity contribution in [2.24, 2.45) is 0 Å². The average Bonchev–Trinajstić information content (AvgIpc) is 2.89. The molecule has 5 rings (SSSR count). The highest BCUT2D eigenvalue weighted by Crippen LogP contribution is 2.36. The van der Waals surface area contributed by atoms with Gasteiger partial charge in [0.2, 0.25) is 0 Å². The Hall–Kier alpha value is -2.99. The average molecular weight is 499 g/mol. The van der Waals surface area contributed by atoms with Gasteiger partial charge in [0, 0.05) is 55.2 Å². The van der Waals surface area contributed by atoms with E-state index in [2.05, 4.69) is 4.90 Å². The molecule has 0 aliphatic carbocycles. The van der Waals surface area contributed by atoms with Crippen LogP contribution in [0.1, 0.15) is 17.5 Å². The summed E-state index contributed by atoms with van der Waals surface area (Å²) in [6, 6.07) is 10.3. The summed E-state index contributed by atoms with van der Waals surface area (Å²) in [7, 11) is 0. The second kappa shape index (κ2) is 10.7. The third-order valence-corrected chi connectivity index (χ3v) is 7.15. The fourth-order valence-corrected chi connectivity index (χ4v) is 5.36. The highest BCUT2D eigenvalue weighted by molar-refractivity contribution is 7.98. The number of nitrogens with zero attached hydrogens (tertiary/aromatic N) is 4. The molecule has 0 radical (unpaired) electrons. The van der Waals surface area contributed by atoms with Gasteiger partial charge in [0.25, 0.3) is 11.2 Å². The van der Waals surface area contributed by atoms with Crippen LogP contribution in [0, 0.1) is 10.1 Å². The van der Waals surface area contributed by atoms with Crippen molar-refractivity contribution < 1.29 is 19.1 Å². The smallest absolute Gasteiger partial charge is 0.270 e. The minimum atomic E-state index is -0.418. The van der Waals surface area contributed by atoms with Gasteiger partial charge in [-0.05, 0) is 18.6 Å². The SMILES string of the molecule is O=c1c2ccccc2nc(SCc2cc([N+](=O)[O-])cc3c2OCOC3)n1CCCN1CCOCC1. The van der Waals surface area contributed by atoms with E-state index in [1.54, 1.807) is 10.6 Å². The lowest BCUT2D eigenvalue weighted by Crippen LogP contribution is -2.37. The first kappa shape index (κ1) is 23.7. The van der Waals surface area contributed by atoms with Gasteiger partial charge in [-0.3, -0.25) is 24.4 Å². The number of nitro groups is 1. The number of morpholine rings is 1. The minimum Gasteiger partial charge on any atom is -0.467 e. The van der Waals surface area contributed by atoms with Gasteiger partial charge in [-0.15, -0.1) is 0 Å². The van der Waals surface area contributed by atoms with Crippen molar-refractivity contribution in [3.8, 4) is 5.75 Å². The number of thioether (sulfide) groups is 1. The van der Waals surface area contributed by atoms with Crippen molar-refractivity contribution in [1.82, 2.24) is 14.5 Å². The van der Waals surface area contributed by atoms with Crippen molar-refractivity contribution in [1.29, 1.82) is 0 Å². The molecule has 0 N–H and O–H groups in total. The summed E-state index contributed by atoms with van der Waals surface area (Å²) in [6.45, 7) is 5.03.